The van der Waals surface area contributed by atoms with E-state index >= 15 is 0 Å². The molecule has 20 heavy (non-hydrogen) atoms. The maximum Gasteiger partial charge on any atom is 0.228 e. The van der Waals surface area contributed by atoms with Gasteiger partial charge in [0.25, 0.3) is 0 Å². The summed E-state index contributed by atoms with van der Waals surface area (Å²) >= 11 is 3.34. The summed E-state index contributed by atoms with van der Waals surface area (Å²) in [6.07, 6.45) is 3.14. The van der Waals surface area contributed by atoms with E-state index in [0.717, 1.165) is 36.8 Å². The highest BCUT2D eigenvalue weighted by Crippen LogP contribution is 2.58. The van der Waals surface area contributed by atoms with Crippen LogP contribution in [0.15, 0.2) is 22.7 Å². The highest BCUT2D eigenvalue weighted by atomic mass is 79.9. The number of phenols is 1. The van der Waals surface area contributed by atoms with Crippen LogP contribution in [0.3, 0.4) is 0 Å². The Morgan fingerprint density at radius 2 is 2.10 bits per heavy atom. The minimum Gasteiger partial charge on any atom is -0.506 e. The van der Waals surface area contributed by atoms with Gasteiger partial charge in [0.1, 0.15) is 5.75 Å². The number of amides is 1. The number of halogens is 2. The minimum atomic E-state index is 0. The monoisotopic (exact) mass is 360 g/mol. The zero-order valence-corrected chi connectivity index (χ0v) is 13.4. The third-order valence-corrected chi connectivity index (χ3v) is 4.82. The van der Waals surface area contributed by atoms with Crippen LogP contribution in [-0.4, -0.2) is 24.1 Å². The molecule has 1 aliphatic heterocycles. The van der Waals surface area contributed by atoms with E-state index in [2.05, 4.69) is 26.6 Å². The number of piperidine rings is 1. The Labute approximate surface area is 132 Å². The Kier molecular flexibility index (Phi) is 4.62. The van der Waals surface area contributed by atoms with Crippen molar-refractivity contribution in [3.63, 3.8) is 0 Å². The normalized spacial score (nSPS) is 22.9. The molecule has 0 bridgehead atoms. The van der Waals surface area contributed by atoms with Gasteiger partial charge in [-0.1, -0.05) is 15.9 Å². The Morgan fingerprint density at radius 3 is 2.80 bits per heavy atom. The van der Waals surface area contributed by atoms with Crippen molar-refractivity contribution in [2.75, 3.05) is 18.4 Å². The molecule has 1 aromatic carbocycles. The van der Waals surface area contributed by atoms with E-state index in [1.807, 2.05) is 0 Å². The predicted octanol–water partition coefficient (Wildman–Crippen LogP) is 2.90. The Hall–Kier alpha value is -0.780. The molecule has 0 radical (unpaired) electrons. The number of hydrogen-bond acceptors (Lipinski definition) is 3. The lowest BCUT2D eigenvalue weighted by molar-refractivity contribution is -0.118. The van der Waals surface area contributed by atoms with Crippen molar-refractivity contribution in [2.45, 2.75) is 19.3 Å². The van der Waals surface area contributed by atoms with E-state index in [1.165, 1.54) is 0 Å². The first kappa shape index (κ1) is 15.6. The molecular weight excluding hydrogens is 344 g/mol. The molecule has 1 atom stereocenters. The molecule has 1 saturated heterocycles. The van der Waals surface area contributed by atoms with Crippen LogP contribution < -0.4 is 10.6 Å². The van der Waals surface area contributed by atoms with Gasteiger partial charge in [-0.05, 0) is 56.0 Å². The van der Waals surface area contributed by atoms with Crippen LogP contribution in [0.5, 0.6) is 5.75 Å². The maximum absolute atomic E-state index is 12.3. The van der Waals surface area contributed by atoms with Crippen molar-refractivity contribution in [1.82, 2.24) is 5.32 Å². The lowest BCUT2D eigenvalue weighted by Crippen LogP contribution is -2.31. The molecule has 1 aliphatic carbocycles. The molecule has 0 aromatic heterocycles. The van der Waals surface area contributed by atoms with Gasteiger partial charge in [0.2, 0.25) is 5.91 Å². The Balaban J connectivity index is 0.00000147. The quantitative estimate of drug-likeness (QED) is 0.710. The van der Waals surface area contributed by atoms with Gasteiger partial charge in [-0.25, -0.2) is 0 Å². The fourth-order valence-electron chi connectivity index (χ4n) is 3.02. The average Bonchev–Trinajstić information content (AvgIpc) is 3.08. The van der Waals surface area contributed by atoms with Crippen LogP contribution in [0.2, 0.25) is 0 Å². The minimum absolute atomic E-state index is 0. The number of hydrogen-bond donors (Lipinski definition) is 3. The zero-order chi connectivity index (χ0) is 13.5. The summed E-state index contributed by atoms with van der Waals surface area (Å²) in [7, 11) is 0. The second kappa shape index (κ2) is 5.92. The molecular formula is C14H18BrClN2O2. The molecule has 3 N–H and O–H groups in total. The highest BCUT2D eigenvalue weighted by molar-refractivity contribution is 9.10. The Morgan fingerprint density at radius 1 is 1.40 bits per heavy atom. The largest absolute Gasteiger partial charge is 0.506 e. The summed E-state index contributed by atoms with van der Waals surface area (Å²) in [5, 5.41) is 15.9. The molecule has 1 saturated carbocycles. The molecule has 1 aromatic rings. The van der Waals surface area contributed by atoms with Crippen LogP contribution in [0.25, 0.3) is 0 Å². The summed E-state index contributed by atoms with van der Waals surface area (Å²) in [6.45, 7) is 2.01. The Bertz CT molecular complexity index is 518. The van der Waals surface area contributed by atoms with Gasteiger partial charge in [0, 0.05) is 10.4 Å². The molecule has 4 nitrogen and oxygen atoms in total. The molecule has 2 fully saturated rings. The lowest BCUT2D eigenvalue weighted by Gasteiger charge is -2.23. The third kappa shape index (κ3) is 2.95. The predicted molar refractivity (Wildman–Crippen MR) is 84.3 cm³/mol. The van der Waals surface area contributed by atoms with Crippen LogP contribution in [0.1, 0.15) is 19.3 Å². The van der Waals surface area contributed by atoms with Crippen LogP contribution >= 0.6 is 28.3 Å². The van der Waals surface area contributed by atoms with Crippen LogP contribution in [0.4, 0.5) is 5.69 Å². The smallest absolute Gasteiger partial charge is 0.228 e. The molecule has 2 aliphatic rings. The first-order chi connectivity index (χ1) is 9.11. The number of aromatic hydroxyl groups is 1. The lowest BCUT2D eigenvalue weighted by atomic mass is 9.92. The number of anilines is 1. The van der Waals surface area contributed by atoms with Crippen LogP contribution in [0, 0.1) is 11.3 Å². The second-order valence-electron chi connectivity index (χ2n) is 5.52. The molecule has 3 rings (SSSR count). The molecule has 6 heteroatoms. The summed E-state index contributed by atoms with van der Waals surface area (Å²) in [5.74, 6) is 0.250. The van der Waals surface area contributed by atoms with E-state index < -0.39 is 0 Å². The van der Waals surface area contributed by atoms with E-state index in [0.29, 0.717) is 5.69 Å². The molecule has 1 unspecified atom stereocenters. The van der Waals surface area contributed by atoms with E-state index in [4.69, 9.17) is 0 Å². The van der Waals surface area contributed by atoms with Crippen molar-refractivity contribution in [3.8, 4) is 5.75 Å². The molecule has 1 heterocycles. The fraction of sp³-hybridized carbons (Fsp3) is 0.500. The van der Waals surface area contributed by atoms with Gasteiger partial charge in [-0.15, -0.1) is 12.4 Å². The summed E-state index contributed by atoms with van der Waals surface area (Å²) in [6, 6.07) is 5.05. The number of carbonyl (C=O) groups is 1. The standard InChI is InChI=1S/C14H17BrN2O2.ClH/c15-9-1-2-12(18)11(7-9)17-13(19)10-8-14(10)3-5-16-6-4-14;/h1-2,7,10,16,18H,3-6,8H2,(H,17,19);1H. The number of carbonyl (C=O) groups excluding carboxylic acids is 1. The number of rotatable bonds is 2. The third-order valence-electron chi connectivity index (χ3n) is 4.32. The van der Waals surface area contributed by atoms with E-state index in [9.17, 15) is 9.90 Å². The fourth-order valence-corrected chi connectivity index (χ4v) is 3.38. The van der Waals surface area contributed by atoms with Crippen molar-refractivity contribution in [1.29, 1.82) is 0 Å². The summed E-state index contributed by atoms with van der Waals surface area (Å²) in [4.78, 5) is 12.3. The molecule has 1 spiro atoms. The second-order valence-corrected chi connectivity index (χ2v) is 6.44. The average molecular weight is 362 g/mol. The summed E-state index contributed by atoms with van der Waals surface area (Å²) < 4.78 is 0.841. The summed E-state index contributed by atoms with van der Waals surface area (Å²) in [5.41, 5.74) is 0.701. The van der Waals surface area contributed by atoms with Crippen molar-refractivity contribution in [3.05, 3.63) is 22.7 Å². The highest BCUT2D eigenvalue weighted by Gasteiger charge is 2.57. The number of phenolic OH excluding ortho intramolecular Hbond substituents is 1. The van der Waals surface area contributed by atoms with Gasteiger partial charge in [-0.3, -0.25) is 4.79 Å². The first-order valence-corrected chi connectivity index (χ1v) is 7.40. The van der Waals surface area contributed by atoms with Crippen molar-refractivity contribution < 1.29 is 9.90 Å². The van der Waals surface area contributed by atoms with Gasteiger partial charge in [-0.2, -0.15) is 0 Å². The maximum atomic E-state index is 12.3. The zero-order valence-electron chi connectivity index (χ0n) is 11.0. The topological polar surface area (TPSA) is 61.4 Å². The van der Waals surface area contributed by atoms with Gasteiger partial charge in [0.05, 0.1) is 5.69 Å². The van der Waals surface area contributed by atoms with E-state index in [-0.39, 0.29) is 35.4 Å². The molecule has 1 amide bonds. The number of benzene rings is 1. The van der Waals surface area contributed by atoms with E-state index in [1.54, 1.807) is 18.2 Å². The van der Waals surface area contributed by atoms with Crippen molar-refractivity contribution in [2.24, 2.45) is 11.3 Å². The van der Waals surface area contributed by atoms with Crippen LogP contribution in [-0.2, 0) is 4.79 Å². The van der Waals surface area contributed by atoms with Gasteiger partial charge < -0.3 is 15.7 Å². The van der Waals surface area contributed by atoms with Gasteiger partial charge in [0.15, 0.2) is 0 Å². The first-order valence-electron chi connectivity index (χ1n) is 6.61. The van der Waals surface area contributed by atoms with Gasteiger partial charge >= 0.3 is 0 Å². The number of nitrogens with one attached hydrogen (secondary N) is 2. The van der Waals surface area contributed by atoms with Crippen molar-refractivity contribution >= 4 is 39.9 Å². The molecule has 110 valence electrons. The SMILES string of the molecule is Cl.O=C(Nc1cc(Br)ccc1O)C1CC12CCNCC2.